The number of hydrogen-bond acceptors (Lipinski definition) is 3. The van der Waals surface area contributed by atoms with Crippen LogP contribution in [0, 0.1) is 15.9 Å². The van der Waals surface area contributed by atoms with Crippen LogP contribution in [-0.4, -0.2) is 4.92 Å². The fourth-order valence-corrected chi connectivity index (χ4v) is 2.36. The summed E-state index contributed by atoms with van der Waals surface area (Å²) in [6, 6.07) is 8.86. The average molecular weight is 360 g/mol. The third kappa shape index (κ3) is 3.68. The lowest BCUT2D eigenvalue weighted by atomic mass is 10.2. The molecular weight excluding hydrogens is 351 g/mol. The summed E-state index contributed by atoms with van der Waals surface area (Å²) in [7, 11) is 0. The zero-order valence-corrected chi connectivity index (χ0v) is 12.4. The van der Waals surface area contributed by atoms with E-state index < -0.39 is 10.7 Å². The minimum atomic E-state index is -0.475. The minimum Gasteiger partial charge on any atom is -0.379 e. The van der Waals surface area contributed by atoms with Crippen LogP contribution in [0.5, 0.6) is 0 Å². The zero-order valence-electron chi connectivity index (χ0n) is 10.1. The lowest BCUT2D eigenvalue weighted by molar-refractivity contribution is -0.385. The molecule has 2 aromatic carbocycles. The molecule has 0 aliphatic carbocycles. The van der Waals surface area contributed by atoms with Crippen LogP contribution < -0.4 is 5.32 Å². The number of nitro groups is 1. The van der Waals surface area contributed by atoms with Crippen molar-refractivity contribution in [3.8, 4) is 0 Å². The number of halogens is 3. The van der Waals surface area contributed by atoms with Crippen molar-refractivity contribution >= 4 is 38.9 Å². The Kier molecular flexibility index (Phi) is 4.57. The second-order valence-corrected chi connectivity index (χ2v) is 5.40. The van der Waals surface area contributed by atoms with Crippen molar-refractivity contribution in [2.45, 2.75) is 6.54 Å². The number of benzene rings is 2. The molecule has 0 fully saturated rings. The third-order valence-corrected chi connectivity index (χ3v) is 3.26. The molecule has 0 amide bonds. The van der Waals surface area contributed by atoms with Gasteiger partial charge in [-0.15, -0.1) is 0 Å². The molecule has 7 heteroatoms. The summed E-state index contributed by atoms with van der Waals surface area (Å²) in [6.45, 7) is 0.263. The van der Waals surface area contributed by atoms with E-state index in [-0.39, 0.29) is 17.9 Å². The van der Waals surface area contributed by atoms with E-state index >= 15 is 0 Å². The lowest BCUT2D eigenvalue weighted by Crippen LogP contribution is -2.02. The van der Waals surface area contributed by atoms with Crippen LogP contribution in [0.2, 0.25) is 5.02 Å². The predicted molar refractivity (Wildman–Crippen MR) is 79.5 cm³/mol. The first-order valence-electron chi connectivity index (χ1n) is 5.58. The van der Waals surface area contributed by atoms with E-state index in [1.54, 1.807) is 12.1 Å². The van der Waals surface area contributed by atoms with Gasteiger partial charge in [0.1, 0.15) is 5.82 Å². The standard InChI is InChI=1S/C13H9BrClFN2O2/c14-9-3-8(4-11(5-9)18(19)20)7-17-13-2-1-10(15)6-12(13)16/h1-6,17H,7H2. The summed E-state index contributed by atoms with van der Waals surface area (Å²) in [4.78, 5) is 10.3. The molecule has 0 atom stereocenters. The van der Waals surface area contributed by atoms with E-state index in [0.29, 0.717) is 15.1 Å². The molecule has 0 saturated carbocycles. The lowest BCUT2D eigenvalue weighted by Gasteiger charge is -2.08. The van der Waals surface area contributed by atoms with Crippen molar-refractivity contribution < 1.29 is 9.31 Å². The average Bonchev–Trinajstić information content (AvgIpc) is 2.37. The fourth-order valence-electron chi connectivity index (χ4n) is 1.67. The van der Waals surface area contributed by atoms with E-state index in [4.69, 9.17) is 11.6 Å². The molecule has 0 saturated heterocycles. The third-order valence-electron chi connectivity index (χ3n) is 2.57. The molecule has 2 aromatic rings. The van der Waals surface area contributed by atoms with E-state index in [9.17, 15) is 14.5 Å². The molecule has 0 aromatic heterocycles. The number of hydrogen-bond donors (Lipinski definition) is 1. The number of nitrogens with zero attached hydrogens (tertiary/aromatic N) is 1. The summed E-state index contributed by atoms with van der Waals surface area (Å²) >= 11 is 8.87. The van der Waals surface area contributed by atoms with Crippen LogP contribution in [0.3, 0.4) is 0 Å². The molecule has 4 nitrogen and oxygen atoms in total. The maximum absolute atomic E-state index is 13.6. The van der Waals surface area contributed by atoms with Crippen molar-refractivity contribution in [2.75, 3.05) is 5.32 Å². The van der Waals surface area contributed by atoms with Crippen molar-refractivity contribution in [2.24, 2.45) is 0 Å². The van der Waals surface area contributed by atoms with Gasteiger partial charge in [-0.25, -0.2) is 4.39 Å². The van der Waals surface area contributed by atoms with Gasteiger partial charge in [-0.1, -0.05) is 27.5 Å². The number of rotatable bonds is 4. The van der Waals surface area contributed by atoms with Gasteiger partial charge in [0.05, 0.1) is 10.6 Å². The summed E-state index contributed by atoms with van der Waals surface area (Å²) < 4.78 is 14.2. The normalized spacial score (nSPS) is 10.3. The van der Waals surface area contributed by atoms with Gasteiger partial charge in [0.25, 0.3) is 5.69 Å². The highest BCUT2D eigenvalue weighted by atomic mass is 79.9. The molecule has 0 spiro atoms. The highest BCUT2D eigenvalue weighted by Crippen LogP contribution is 2.23. The topological polar surface area (TPSA) is 55.2 Å². The first kappa shape index (κ1) is 14.7. The Labute approximate surface area is 127 Å². The molecule has 0 aliphatic rings. The SMILES string of the molecule is O=[N+]([O-])c1cc(Br)cc(CNc2ccc(Cl)cc2F)c1. The van der Waals surface area contributed by atoms with Crippen LogP contribution in [-0.2, 0) is 6.54 Å². The van der Waals surface area contributed by atoms with E-state index in [1.807, 2.05) is 0 Å². The van der Waals surface area contributed by atoms with Crippen LogP contribution in [0.1, 0.15) is 5.56 Å². The maximum atomic E-state index is 13.6. The summed E-state index contributed by atoms with van der Waals surface area (Å²) in [6.07, 6.45) is 0. The first-order chi connectivity index (χ1) is 9.45. The van der Waals surface area contributed by atoms with Crippen LogP contribution in [0.15, 0.2) is 40.9 Å². The molecule has 104 valence electrons. The Bertz CT molecular complexity index is 667. The second kappa shape index (κ2) is 6.19. The monoisotopic (exact) mass is 358 g/mol. The van der Waals surface area contributed by atoms with E-state index in [1.165, 1.54) is 24.3 Å². The van der Waals surface area contributed by atoms with Gasteiger partial charge in [0.15, 0.2) is 0 Å². The van der Waals surface area contributed by atoms with Gasteiger partial charge in [-0.2, -0.15) is 0 Å². The largest absolute Gasteiger partial charge is 0.379 e. The zero-order chi connectivity index (χ0) is 14.7. The molecule has 2 rings (SSSR count). The molecule has 0 heterocycles. The maximum Gasteiger partial charge on any atom is 0.270 e. The van der Waals surface area contributed by atoms with Crippen LogP contribution in [0.4, 0.5) is 15.8 Å². The molecule has 0 unspecified atom stereocenters. The van der Waals surface area contributed by atoms with Gasteiger partial charge in [-0.3, -0.25) is 10.1 Å². The summed E-state index contributed by atoms with van der Waals surface area (Å²) in [5.41, 5.74) is 0.935. The highest BCUT2D eigenvalue weighted by Gasteiger charge is 2.09. The molecular formula is C13H9BrClFN2O2. The molecule has 1 N–H and O–H groups in total. The van der Waals surface area contributed by atoms with Gasteiger partial charge in [-0.05, 0) is 29.8 Å². The Morgan fingerprint density at radius 3 is 2.70 bits per heavy atom. The van der Waals surface area contributed by atoms with Crippen LogP contribution >= 0.6 is 27.5 Å². The van der Waals surface area contributed by atoms with Crippen molar-refractivity contribution in [3.63, 3.8) is 0 Å². The molecule has 0 bridgehead atoms. The molecule has 0 radical (unpaired) electrons. The van der Waals surface area contributed by atoms with Gasteiger partial charge in [0, 0.05) is 28.2 Å². The summed E-state index contributed by atoms with van der Waals surface area (Å²) in [5.74, 6) is -0.470. The van der Waals surface area contributed by atoms with Gasteiger partial charge < -0.3 is 5.32 Å². The Balaban J connectivity index is 2.16. The van der Waals surface area contributed by atoms with Crippen molar-refractivity contribution in [1.29, 1.82) is 0 Å². The Hall–Kier alpha value is -1.66. The smallest absolute Gasteiger partial charge is 0.270 e. The number of nitrogens with one attached hydrogen (secondary N) is 1. The van der Waals surface area contributed by atoms with E-state index in [0.717, 1.165) is 0 Å². The summed E-state index contributed by atoms with van der Waals surface area (Å²) in [5, 5.41) is 13.9. The second-order valence-electron chi connectivity index (χ2n) is 4.05. The number of nitro benzene ring substituents is 1. The molecule has 0 aliphatic heterocycles. The Morgan fingerprint density at radius 1 is 1.30 bits per heavy atom. The highest BCUT2D eigenvalue weighted by molar-refractivity contribution is 9.10. The van der Waals surface area contributed by atoms with Crippen molar-refractivity contribution in [3.05, 3.63) is 67.4 Å². The Morgan fingerprint density at radius 2 is 2.05 bits per heavy atom. The molecule has 20 heavy (non-hydrogen) atoms. The van der Waals surface area contributed by atoms with Gasteiger partial charge >= 0.3 is 0 Å². The number of non-ortho nitro benzene ring substituents is 1. The minimum absolute atomic E-state index is 0.0206. The fraction of sp³-hybridized carbons (Fsp3) is 0.0769. The van der Waals surface area contributed by atoms with Gasteiger partial charge in [0.2, 0.25) is 0 Å². The van der Waals surface area contributed by atoms with Crippen molar-refractivity contribution in [1.82, 2.24) is 0 Å². The first-order valence-corrected chi connectivity index (χ1v) is 6.75. The predicted octanol–water partition coefficient (Wildman–Crippen LogP) is 4.76. The quantitative estimate of drug-likeness (QED) is 0.632. The number of anilines is 1. The van der Waals surface area contributed by atoms with Crippen LogP contribution in [0.25, 0.3) is 0 Å². The van der Waals surface area contributed by atoms with E-state index in [2.05, 4.69) is 21.2 Å².